The van der Waals surface area contributed by atoms with Crippen LogP contribution in [-0.4, -0.2) is 24.0 Å². The number of thiophene rings is 1. The lowest BCUT2D eigenvalue weighted by molar-refractivity contribution is 0.315. The summed E-state index contributed by atoms with van der Waals surface area (Å²) < 4.78 is 0. The summed E-state index contributed by atoms with van der Waals surface area (Å²) in [4.78, 5) is 6.78. The Balaban J connectivity index is 1.95. The van der Waals surface area contributed by atoms with Crippen LogP contribution in [0, 0.1) is 0 Å². The lowest BCUT2D eigenvalue weighted by Crippen LogP contribution is -2.17. The van der Waals surface area contributed by atoms with E-state index in [-0.39, 0.29) is 0 Å². The highest BCUT2D eigenvalue weighted by molar-refractivity contribution is 7.07. The van der Waals surface area contributed by atoms with Gasteiger partial charge in [0.2, 0.25) is 0 Å². The van der Waals surface area contributed by atoms with Crippen LogP contribution in [0.5, 0.6) is 0 Å². The van der Waals surface area contributed by atoms with Crippen molar-refractivity contribution in [3.63, 3.8) is 0 Å². The standard InChI is InChI=1S/C13H17N3S/c1-14-13-5-3-4-12(15-13)9-16(2)8-11-6-7-17-10-11/h3-7,10H,8-9H2,1-2H3,(H,14,15). The minimum Gasteiger partial charge on any atom is -0.373 e. The molecule has 0 aliphatic rings. The molecule has 2 rings (SSSR count). The molecule has 0 radical (unpaired) electrons. The first-order chi connectivity index (χ1) is 8.28. The Bertz CT molecular complexity index is 453. The number of hydrogen-bond acceptors (Lipinski definition) is 4. The van der Waals surface area contributed by atoms with Gasteiger partial charge in [-0.05, 0) is 41.6 Å². The molecule has 17 heavy (non-hydrogen) atoms. The minimum atomic E-state index is 0.866. The summed E-state index contributed by atoms with van der Waals surface area (Å²) in [5.41, 5.74) is 2.46. The maximum Gasteiger partial charge on any atom is 0.126 e. The molecule has 1 N–H and O–H groups in total. The van der Waals surface area contributed by atoms with E-state index >= 15 is 0 Å². The Hall–Kier alpha value is -1.39. The zero-order valence-electron chi connectivity index (χ0n) is 10.2. The molecule has 4 heteroatoms. The van der Waals surface area contributed by atoms with Crippen molar-refractivity contribution in [1.82, 2.24) is 9.88 Å². The molecule has 2 aromatic heterocycles. The number of aromatic nitrogens is 1. The van der Waals surface area contributed by atoms with Crippen molar-refractivity contribution in [2.24, 2.45) is 0 Å². The summed E-state index contributed by atoms with van der Waals surface area (Å²) in [6.45, 7) is 1.83. The zero-order chi connectivity index (χ0) is 12.1. The van der Waals surface area contributed by atoms with Gasteiger partial charge < -0.3 is 5.32 Å². The van der Waals surface area contributed by atoms with Gasteiger partial charge in [-0.2, -0.15) is 11.3 Å². The van der Waals surface area contributed by atoms with Gasteiger partial charge in [-0.1, -0.05) is 6.07 Å². The van der Waals surface area contributed by atoms with Crippen molar-refractivity contribution in [3.8, 4) is 0 Å². The van der Waals surface area contributed by atoms with Gasteiger partial charge in [-0.15, -0.1) is 0 Å². The molecule has 90 valence electrons. The molecule has 0 fully saturated rings. The lowest BCUT2D eigenvalue weighted by atomic mass is 10.3. The Labute approximate surface area is 106 Å². The molecule has 0 spiro atoms. The molecule has 0 saturated carbocycles. The average Bonchev–Trinajstić information content (AvgIpc) is 2.82. The number of nitrogens with zero attached hydrogens (tertiary/aromatic N) is 2. The van der Waals surface area contributed by atoms with Crippen LogP contribution < -0.4 is 5.32 Å². The van der Waals surface area contributed by atoms with Crippen molar-refractivity contribution in [2.75, 3.05) is 19.4 Å². The first-order valence-corrected chi connectivity index (χ1v) is 6.55. The largest absolute Gasteiger partial charge is 0.373 e. The summed E-state index contributed by atoms with van der Waals surface area (Å²) in [5.74, 6) is 0.923. The maximum atomic E-state index is 4.51. The van der Waals surface area contributed by atoms with Gasteiger partial charge in [-0.3, -0.25) is 4.90 Å². The highest BCUT2D eigenvalue weighted by Crippen LogP contribution is 2.11. The van der Waals surface area contributed by atoms with Crippen LogP contribution in [0.1, 0.15) is 11.3 Å². The van der Waals surface area contributed by atoms with Crippen molar-refractivity contribution in [2.45, 2.75) is 13.1 Å². The molecule has 0 aromatic carbocycles. The van der Waals surface area contributed by atoms with E-state index in [0.717, 1.165) is 24.6 Å². The van der Waals surface area contributed by atoms with Gasteiger partial charge in [0.15, 0.2) is 0 Å². The molecule has 2 heterocycles. The van der Waals surface area contributed by atoms with Crippen LogP contribution >= 0.6 is 11.3 Å². The number of pyridine rings is 1. The molecule has 3 nitrogen and oxygen atoms in total. The molecule has 0 unspecified atom stereocenters. The summed E-state index contributed by atoms with van der Waals surface area (Å²) in [5, 5.41) is 7.36. The van der Waals surface area contributed by atoms with Crippen molar-refractivity contribution in [3.05, 3.63) is 46.3 Å². The van der Waals surface area contributed by atoms with Crippen LogP contribution in [0.4, 0.5) is 5.82 Å². The molecule has 0 saturated heterocycles. The Morgan fingerprint density at radius 3 is 2.88 bits per heavy atom. The number of nitrogens with one attached hydrogen (secondary N) is 1. The van der Waals surface area contributed by atoms with Gasteiger partial charge in [-0.25, -0.2) is 4.98 Å². The molecular weight excluding hydrogens is 230 g/mol. The van der Waals surface area contributed by atoms with Crippen molar-refractivity contribution >= 4 is 17.2 Å². The molecule has 0 aliphatic carbocycles. The fourth-order valence-electron chi connectivity index (χ4n) is 1.73. The van der Waals surface area contributed by atoms with E-state index in [2.05, 4.69) is 45.1 Å². The highest BCUT2D eigenvalue weighted by Gasteiger charge is 2.03. The second-order valence-corrected chi connectivity index (χ2v) is 4.85. The SMILES string of the molecule is CNc1cccc(CN(C)Cc2ccsc2)n1. The van der Waals surface area contributed by atoms with Crippen molar-refractivity contribution < 1.29 is 0 Å². The van der Waals surface area contributed by atoms with Crippen LogP contribution in [0.3, 0.4) is 0 Å². The van der Waals surface area contributed by atoms with Gasteiger partial charge in [0.25, 0.3) is 0 Å². The second kappa shape index (κ2) is 5.80. The fourth-order valence-corrected chi connectivity index (χ4v) is 2.39. The van der Waals surface area contributed by atoms with Gasteiger partial charge >= 0.3 is 0 Å². The molecule has 2 aromatic rings. The van der Waals surface area contributed by atoms with Gasteiger partial charge in [0.1, 0.15) is 5.82 Å². The van der Waals surface area contributed by atoms with E-state index in [1.165, 1.54) is 5.56 Å². The smallest absolute Gasteiger partial charge is 0.126 e. The zero-order valence-corrected chi connectivity index (χ0v) is 11.0. The second-order valence-electron chi connectivity index (χ2n) is 4.07. The van der Waals surface area contributed by atoms with E-state index in [9.17, 15) is 0 Å². The van der Waals surface area contributed by atoms with E-state index < -0.39 is 0 Å². The normalized spacial score (nSPS) is 10.8. The molecular formula is C13H17N3S. The number of rotatable bonds is 5. The Kier molecular flexibility index (Phi) is 4.12. The number of hydrogen-bond donors (Lipinski definition) is 1. The summed E-state index contributed by atoms with van der Waals surface area (Å²) in [6, 6.07) is 8.23. The predicted molar refractivity (Wildman–Crippen MR) is 73.3 cm³/mol. The van der Waals surface area contributed by atoms with Crippen LogP contribution in [0.25, 0.3) is 0 Å². The lowest BCUT2D eigenvalue weighted by Gasteiger charge is -2.15. The monoisotopic (exact) mass is 247 g/mol. The highest BCUT2D eigenvalue weighted by atomic mass is 32.1. The summed E-state index contributed by atoms with van der Waals surface area (Å²) >= 11 is 1.74. The predicted octanol–water partition coefficient (Wildman–Crippen LogP) is 2.82. The summed E-state index contributed by atoms with van der Waals surface area (Å²) in [6.07, 6.45) is 0. The third kappa shape index (κ3) is 3.54. The first kappa shape index (κ1) is 12.1. The fraction of sp³-hybridized carbons (Fsp3) is 0.308. The van der Waals surface area contributed by atoms with E-state index in [4.69, 9.17) is 0 Å². The van der Waals surface area contributed by atoms with E-state index in [1.807, 2.05) is 19.2 Å². The maximum absolute atomic E-state index is 4.51. The molecule has 0 bridgehead atoms. The van der Waals surface area contributed by atoms with E-state index in [1.54, 1.807) is 11.3 Å². The van der Waals surface area contributed by atoms with Crippen molar-refractivity contribution in [1.29, 1.82) is 0 Å². The van der Waals surface area contributed by atoms with Gasteiger partial charge in [0.05, 0.1) is 5.69 Å². The molecule has 0 atom stereocenters. The Morgan fingerprint density at radius 1 is 1.29 bits per heavy atom. The van der Waals surface area contributed by atoms with Gasteiger partial charge in [0, 0.05) is 20.1 Å². The first-order valence-electron chi connectivity index (χ1n) is 5.61. The average molecular weight is 247 g/mol. The van der Waals surface area contributed by atoms with Crippen LogP contribution in [-0.2, 0) is 13.1 Å². The molecule has 0 amide bonds. The number of anilines is 1. The Morgan fingerprint density at radius 2 is 2.18 bits per heavy atom. The topological polar surface area (TPSA) is 28.2 Å². The quantitative estimate of drug-likeness (QED) is 0.880. The van der Waals surface area contributed by atoms with E-state index in [0.29, 0.717) is 0 Å². The van der Waals surface area contributed by atoms with Crippen LogP contribution in [0.15, 0.2) is 35.0 Å². The molecule has 0 aliphatic heterocycles. The summed E-state index contributed by atoms with van der Waals surface area (Å²) in [7, 11) is 4.01. The van der Waals surface area contributed by atoms with Crippen LogP contribution in [0.2, 0.25) is 0 Å². The third-order valence-corrected chi connectivity index (χ3v) is 3.26. The third-order valence-electron chi connectivity index (χ3n) is 2.53. The minimum absolute atomic E-state index is 0.866.